The lowest BCUT2D eigenvalue weighted by Gasteiger charge is -2.12. The molecule has 0 aliphatic carbocycles. The first-order valence-corrected chi connectivity index (χ1v) is 9.13. The number of hydrogen-bond donors (Lipinski definition) is 1. The second kappa shape index (κ2) is 9.12. The summed E-state index contributed by atoms with van der Waals surface area (Å²) in [7, 11) is -1.91. The van der Waals surface area contributed by atoms with Crippen molar-refractivity contribution in [1.29, 1.82) is 0 Å². The summed E-state index contributed by atoms with van der Waals surface area (Å²) in [6, 6.07) is 3.26. The quantitative estimate of drug-likeness (QED) is 0.670. The Bertz CT molecular complexity index is 547. The predicted octanol–water partition coefficient (Wildman–Crippen LogP) is 2.80. The average molecular weight is 329 g/mol. The van der Waals surface area contributed by atoms with Crippen molar-refractivity contribution >= 4 is 10.0 Å². The largest absolute Gasteiger partial charge is 0.496 e. The Kier molecular flexibility index (Phi) is 7.85. The van der Waals surface area contributed by atoms with Crippen LogP contribution in [0.3, 0.4) is 0 Å². The van der Waals surface area contributed by atoms with Crippen LogP contribution < -0.4 is 9.46 Å². The molecule has 0 radical (unpaired) electrons. The number of sulfonamides is 1. The molecule has 0 aliphatic heterocycles. The van der Waals surface area contributed by atoms with Crippen molar-refractivity contribution in [3.05, 3.63) is 23.3 Å². The van der Waals surface area contributed by atoms with Crippen LogP contribution in [-0.2, 0) is 14.8 Å². The highest BCUT2D eigenvalue weighted by Gasteiger charge is 2.16. The SMILES string of the molecule is CCCCOCCCNS(=O)(=O)c1cc(C)c(OC)c(C)c1. The van der Waals surface area contributed by atoms with Crippen LogP contribution in [0.4, 0.5) is 0 Å². The summed E-state index contributed by atoms with van der Waals surface area (Å²) in [5, 5.41) is 0. The molecule has 5 nitrogen and oxygen atoms in total. The number of ether oxygens (including phenoxy) is 2. The number of methoxy groups -OCH3 is 1. The molecule has 0 saturated carbocycles. The van der Waals surface area contributed by atoms with Gasteiger partial charge in [-0.3, -0.25) is 0 Å². The van der Waals surface area contributed by atoms with Crippen LogP contribution >= 0.6 is 0 Å². The third kappa shape index (κ3) is 5.59. The lowest BCUT2D eigenvalue weighted by molar-refractivity contribution is 0.130. The summed E-state index contributed by atoms with van der Waals surface area (Å²) in [4.78, 5) is 0.273. The fraction of sp³-hybridized carbons (Fsp3) is 0.625. The number of benzene rings is 1. The third-order valence-corrected chi connectivity index (χ3v) is 4.79. The second-order valence-corrected chi connectivity index (χ2v) is 7.07. The molecule has 0 unspecified atom stereocenters. The van der Waals surface area contributed by atoms with Crippen molar-refractivity contribution in [2.75, 3.05) is 26.9 Å². The highest BCUT2D eigenvalue weighted by Crippen LogP contribution is 2.26. The molecule has 0 saturated heterocycles. The van der Waals surface area contributed by atoms with Gasteiger partial charge in [0.1, 0.15) is 5.75 Å². The van der Waals surface area contributed by atoms with Gasteiger partial charge in [-0.25, -0.2) is 13.1 Å². The van der Waals surface area contributed by atoms with Gasteiger partial charge in [0.2, 0.25) is 10.0 Å². The Morgan fingerprint density at radius 3 is 2.23 bits per heavy atom. The van der Waals surface area contributed by atoms with Crippen LogP contribution in [-0.4, -0.2) is 35.3 Å². The normalized spacial score (nSPS) is 11.6. The summed E-state index contributed by atoms with van der Waals surface area (Å²) >= 11 is 0. The topological polar surface area (TPSA) is 64.6 Å². The smallest absolute Gasteiger partial charge is 0.240 e. The zero-order chi connectivity index (χ0) is 16.6. The minimum atomic E-state index is -3.49. The Labute approximate surface area is 134 Å². The number of hydrogen-bond acceptors (Lipinski definition) is 4. The van der Waals surface area contributed by atoms with E-state index < -0.39 is 10.0 Å². The molecule has 1 rings (SSSR count). The third-order valence-electron chi connectivity index (χ3n) is 3.35. The van der Waals surface area contributed by atoms with Crippen molar-refractivity contribution in [2.45, 2.75) is 44.9 Å². The first-order valence-electron chi connectivity index (χ1n) is 7.65. The molecule has 0 amide bonds. The van der Waals surface area contributed by atoms with Crippen molar-refractivity contribution in [3.63, 3.8) is 0 Å². The zero-order valence-electron chi connectivity index (χ0n) is 13.9. The maximum atomic E-state index is 12.3. The number of rotatable bonds is 10. The van der Waals surface area contributed by atoms with E-state index in [1.807, 2.05) is 13.8 Å². The van der Waals surface area contributed by atoms with Gasteiger partial charge in [-0.05, 0) is 49.9 Å². The van der Waals surface area contributed by atoms with Crippen LogP contribution in [0.25, 0.3) is 0 Å². The van der Waals surface area contributed by atoms with Crippen LogP contribution in [0, 0.1) is 13.8 Å². The van der Waals surface area contributed by atoms with Crippen molar-refractivity contribution < 1.29 is 17.9 Å². The second-order valence-electron chi connectivity index (χ2n) is 5.31. The molecule has 0 atom stereocenters. The summed E-state index contributed by atoms with van der Waals surface area (Å²) in [6.45, 7) is 7.47. The molecule has 0 bridgehead atoms. The highest BCUT2D eigenvalue weighted by molar-refractivity contribution is 7.89. The minimum absolute atomic E-state index is 0.273. The van der Waals surface area contributed by atoms with E-state index in [2.05, 4.69) is 11.6 Å². The standard InChI is InChI=1S/C16H27NO4S/c1-5-6-9-21-10-7-8-17-22(18,19)15-11-13(2)16(20-4)14(3)12-15/h11-12,17H,5-10H2,1-4H3. The van der Waals surface area contributed by atoms with E-state index in [1.165, 1.54) is 0 Å². The molecular weight excluding hydrogens is 302 g/mol. The van der Waals surface area contributed by atoms with Crippen molar-refractivity contribution in [2.24, 2.45) is 0 Å². The van der Waals surface area contributed by atoms with E-state index in [4.69, 9.17) is 9.47 Å². The summed E-state index contributed by atoms with van der Waals surface area (Å²) < 4.78 is 37.8. The van der Waals surface area contributed by atoms with Crippen molar-refractivity contribution in [3.8, 4) is 5.75 Å². The molecule has 1 aromatic rings. The molecule has 1 aromatic carbocycles. The van der Waals surface area contributed by atoms with Gasteiger partial charge in [0.25, 0.3) is 0 Å². The molecule has 0 fully saturated rings. The molecular formula is C16H27NO4S. The molecule has 0 aliphatic rings. The molecule has 0 spiro atoms. The fourth-order valence-corrected chi connectivity index (χ4v) is 3.44. The van der Waals surface area contributed by atoms with Crippen LogP contribution in [0.2, 0.25) is 0 Å². The molecule has 6 heteroatoms. The maximum absolute atomic E-state index is 12.3. The fourth-order valence-electron chi connectivity index (χ4n) is 2.20. The summed E-state index contributed by atoms with van der Waals surface area (Å²) in [5.41, 5.74) is 1.62. The lowest BCUT2D eigenvalue weighted by atomic mass is 10.1. The van der Waals surface area contributed by atoms with E-state index in [-0.39, 0.29) is 4.90 Å². The van der Waals surface area contributed by atoms with E-state index in [9.17, 15) is 8.42 Å². The Morgan fingerprint density at radius 1 is 1.09 bits per heavy atom. The zero-order valence-corrected chi connectivity index (χ0v) is 14.8. The lowest BCUT2D eigenvalue weighted by Crippen LogP contribution is -2.25. The number of aryl methyl sites for hydroxylation is 2. The summed E-state index contributed by atoms with van der Waals surface area (Å²) in [6.07, 6.45) is 2.80. The Morgan fingerprint density at radius 2 is 1.68 bits per heavy atom. The van der Waals surface area contributed by atoms with E-state index >= 15 is 0 Å². The van der Waals surface area contributed by atoms with Gasteiger partial charge in [0, 0.05) is 19.8 Å². The van der Waals surface area contributed by atoms with Crippen molar-refractivity contribution in [1.82, 2.24) is 4.72 Å². The first kappa shape index (κ1) is 18.9. The monoisotopic (exact) mass is 329 g/mol. The van der Waals surface area contributed by atoms with Crippen LogP contribution in [0.15, 0.2) is 17.0 Å². The van der Waals surface area contributed by atoms with Gasteiger partial charge in [0.15, 0.2) is 0 Å². The molecule has 0 heterocycles. The molecule has 22 heavy (non-hydrogen) atoms. The number of nitrogens with one attached hydrogen (secondary N) is 1. The molecule has 1 N–H and O–H groups in total. The number of unbranched alkanes of at least 4 members (excludes halogenated alkanes) is 1. The van der Waals surface area contributed by atoms with Gasteiger partial charge in [-0.15, -0.1) is 0 Å². The Balaban J connectivity index is 2.56. The predicted molar refractivity (Wildman–Crippen MR) is 88.0 cm³/mol. The van der Waals surface area contributed by atoms with Gasteiger partial charge < -0.3 is 9.47 Å². The van der Waals surface area contributed by atoms with Gasteiger partial charge in [-0.1, -0.05) is 13.3 Å². The Hall–Kier alpha value is -1.11. The minimum Gasteiger partial charge on any atom is -0.496 e. The van der Waals surface area contributed by atoms with E-state index in [0.29, 0.717) is 19.6 Å². The van der Waals surface area contributed by atoms with Crippen LogP contribution in [0.5, 0.6) is 5.75 Å². The van der Waals surface area contributed by atoms with E-state index in [0.717, 1.165) is 36.3 Å². The molecule has 126 valence electrons. The average Bonchev–Trinajstić information content (AvgIpc) is 2.46. The van der Waals surface area contributed by atoms with Gasteiger partial charge in [-0.2, -0.15) is 0 Å². The highest BCUT2D eigenvalue weighted by atomic mass is 32.2. The summed E-state index contributed by atoms with van der Waals surface area (Å²) in [5.74, 6) is 0.725. The first-order chi connectivity index (χ1) is 10.4. The maximum Gasteiger partial charge on any atom is 0.240 e. The van der Waals surface area contributed by atoms with Gasteiger partial charge >= 0.3 is 0 Å². The van der Waals surface area contributed by atoms with E-state index in [1.54, 1.807) is 19.2 Å². The van der Waals surface area contributed by atoms with Gasteiger partial charge in [0.05, 0.1) is 12.0 Å². The van der Waals surface area contributed by atoms with Crippen LogP contribution in [0.1, 0.15) is 37.3 Å². The molecule has 0 aromatic heterocycles.